The second kappa shape index (κ2) is 6.71. The van der Waals surface area contributed by atoms with Gasteiger partial charge in [0, 0.05) is 16.8 Å². The molecule has 0 rings (SSSR count). The molecule has 0 atom stereocenters. The van der Waals surface area contributed by atoms with Crippen molar-refractivity contribution in [3.63, 3.8) is 0 Å². The summed E-state index contributed by atoms with van der Waals surface area (Å²) in [6.07, 6.45) is 1.67. The highest BCUT2D eigenvalue weighted by Gasteiger charge is 2.18. The third kappa shape index (κ3) is 9.74. The Balaban J connectivity index is 3.39. The number of hydrogen-bond donors (Lipinski definition) is 0. The van der Waals surface area contributed by atoms with Crippen LogP contribution < -0.4 is 0 Å². The smallest absolute Gasteiger partial charge is 0.100 e. The summed E-state index contributed by atoms with van der Waals surface area (Å²) in [7, 11) is 0.781. The second-order valence-corrected chi connectivity index (χ2v) is 9.22. The lowest BCUT2D eigenvalue weighted by atomic mass is 10.2. The lowest BCUT2D eigenvalue weighted by Gasteiger charge is -2.21. The summed E-state index contributed by atoms with van der Waals surface area (Å²) < 4.78 is 9.95. The van der Waals surface area contributed by atoms with E-state index in [1.807, 2.05) is 13.8 Å². The van der Waals surface area contributed by atoms with Gasteiger partial charge < -0.3 is 4.74 Å². The van der Waals surface area contributed by atoms with E-state index in [0.29, 0.717) is 13.2 Å². The molecule has 0 saturated heterocycles. The van der Waals surface area contributed by atoms with Crippen LogP contribution in [0.1, 0.15) is 26.7 Å². The molecule has 0 bridgehead atoms. The molecule has 0 aliphatic heterocycles. The molecule has 0 aromatic carbocycles. The van der Waals surface area contributed by atoms with E-state index in [1.54, 1.807) is 0 Å². The van der Waals surface area contributed by atoms with E-state index in [4.69, 9.17) is 31.8 Å². The van der Waals surface area contributed by atoms with Gasteiger partial charge in [0.2, 0.25) is 0 Å². The van der Waals surface area contributed by atoms with Gasteiger partial charge in [0.1, 0.15) is 5.60 Å². The molecule has 0 N–H and O–H groups in total. The van der Waals surface area contributed by atoms with Crippen LogP contribution in [0.3, 0.4) is 0 Å². The predicted octanol–water partition coefficient (Wildman–Crippen LogP) is 2.39. The Morgan fingerprint density at radius 1 is 1.36 bits per heavy atom. The molecule has 14 heavy (non-hydrogen) atoms. The third-order valence-electron chi connectivity index (χ3n) is 1.56. The van der Waals surface area contributed by atoms with Crippen LogP contribution in [0.5, 0.6) is 0 Å². The predicted molar refractivity (Wildman–Crippen MR) is 68.5 cm³/mol. The van der Waals surface area contributed by atoms with Gasteiger partial charge >= 0.3 is 0 Å². The largest absolute Gasteiger partial charge is 0.378 e. The van der Waals surface area contributed by atoms with Crippen LogP contribution in [-0.4, -0.2) is 33.0 Å². The first-order valence-corrected chi connectivity index (χ1v) is 6.92. The number of alkyl halides is 2. The Morgan fingerprint density at radius 3 is 2.36 bits per heavy atom. The van der Waals surface area contributed by atoms with Crippen molar-refractivity contribution in [2.24, 2.45) is 0 Å². The Kier molecular flexibility index (Phi) is 7.28. The molecule has 6 heteroatoms. The Bertz CT molecular complexity index is 162. The van der Waals surface area contributed by atoms with Crippen LogP contribution >= 0.6 is 39.5 Å². The number of halogens is 3. The van der Waals surface area contributed by atoms with Gasteiger partial charge in [0.15, 0.2) is 0 Å². The average molecular weight is 324 g/mol. The van der Waals surface area contributed by atoms with E-state index in [9.17, 15) is 0 Å². The highest BCUT2D eigenvalue weighted by molar-refractivity contribution is 9.06. The van der Waals surface area contributed by atoms with E-state index < -0.39 is 3.96 Å². The van der Waals surface area contributed by atoms with Crippen molar-refractivity contribution in [3.05, 3.63) is 0 Å². The van der Waals surface area contributed by atoms with Crippen LogP contribution in [-0.2, 0) is 8.57 Å². The molecule has 86 valence electrons. The van der Waals surface area contributed by atoms with E-state index in [-0.39, 0.29) is 5.60 Å². The van der Waals surface area contributed by atoms with E-state index >= 15 is 0 Å². The minimum Gasteiger partial charge on any atom is -0.378 e. The summed E-state index contributed by atoms with van der Waals surface area (Å²) in [5.74, 6) is 0. The Hall–Kier alpha value is 1.20. The van der Waals surface area contributed by atoms with Crippen molar-refractivity contribution in [3.8, 4) is 0 Å². The molecule has 0 aromatic heterocycles. The summed E-state index contributed by atoms with van der Waals surface area (Å²) >= 11 is 14.7. The van der Waals surface area contributed by atoms with Crippen molar-refractivity contribution in [1.29, 1.82) is 0 Å². The van der Waals surface area contributed by atoms with Crippen LogP contribution in [0.15, 0.2) is 0 Å². The average Bonchev–Trinajstić information content (AvgIpc) is 2.01. The molecule has 2 nitrogen and oxygen atoms in total. The van der Waals surface area contributed by atoms with Crippen molar-refractivity contribution < 1.29 is 8.57 Å². The van der Waals surface area contributed by atoms with Gasteiger partial charge in [0.05, 0.1) is 26.8 Å². The zero-order valence-corrected chi connectivity index (χ0v) is 13.9. The van der Waals surface area contributed by atoms with E-state index in [0.717, 1.165) is 23.1 Å². The van der Waals surface area contributed by atoms with Gasteiger partial charge in [-0.05, 0) is 26.7 Å². The molecule has 0 aliphatic rings. The lowest BCUT2D eigenvalue weighted by Crippen LogP contribution is -2.27. The van der Waals surface area contributed by atoms with E-state index in [2.05, 4.69) is 16.3 Å². The summed E-state index contributed by atoms with van der Waals surface area (Å²) in [6.45, 7) is 5.12. The quantitative estimate of drug-likeness (QED) is 0.407. The lowest BCUT2D eigenvalue weighted by molar-refractivity contribution is 0.0133. The topological polar surface area (TPSA) is 18.5 Å². The van der Waals surface area contributed by atoms with Gasteiger partial charge in [-0.2, -0.15) is 0 Å². The van der Waals surface area contributed by atoms with Crippen LogP contribution in [0.25, 0.3) is 0 Å². The van der Waals surface area contributed by atoms with Crippen molar-refractivity contribution in [2.45, 2.75) is 36.2 Å². The molecule has 0 aliphatic carbocycles. The van der Waals surface area contributed by atoms with Crippen LogP contribution in [0.4, 0.5) is 0 Å². The molecule has 0 radical (unpaired) electrons. The fourth-order valence-corrected chi connectivity index (χ4v) is 1.54. The standard InChI is InChI=1S/C8H17BrCl2O2Si/c1-7(2,13-9)6-12-5-3-4-8(10,11)14/h3-6H2,1-2,14H3. The van der Waals surface area contributed by atoms with Crippen molar-refractivity contribution in [1.82, 2.24) is 0 Å². The molecule has 0 saturated carbocycles. The maximum atomic E-state index is 5.87. The fraction of sp³-hybridized carbons (Fsp3) is 1.00. The molecule has 0 unspecified atom stereocenters. The maximum absolute atomic E-state index is 5.87. The summed E-state index contributed by atoms with van der Waals surface area (Å²) in [5, 5.41) is 0. The zero-order valence-electron chi connectivity index (χ0n) is 8.78. The first kappa shape index (κ1) is 15.2. The van der Waals surface area contributed by atoms with Crippen molar-refractivity contribution in [2.75, 3.05) is 13.2 Å². The third-order valence-corrected chi connectivity index (χ3v) is 3.32. The summed E-state index contributed by atoms with van der Waals surface area (Å²) in [6, 6.07) is 0. The summed E-state index contributed by atoms with van der Waals surface area (Å²) in [4.78, 5) is 0. The summed E-state index contributed by atoms with van der Waals surface area (Å²) in [5.41, 5.74) is -0.292. The van der Waals surface area contributed by atoms with Gasteiger partial charge in [-0.3, -0.25) is 3.83 Å². The number of hydrogen-bond acceptors (Lipinski definition) is 2. The maximum Gasteiger partial charge on any atom is 0.100 e. The fourth-order valence-electron chi connectivity index (χ4n) is 0.825. The van der Waals surface area contributed by atoms with Crippen LogP contribution in [0, 0.1) is 0 Å². The first-order valence-electron chi connectivity index (χ1n) is 4.52. The van der Waals surface area contributed by atoms with E-state index in [1.165, 1.54) is 0 Å². The van der Waals surface area contributed by atoms with Gasteiger partial charge in [-0.15, -0.1) is 23.2 Å². The molecule has 0 spiro atoms. The molecule has 0 aromatic rings. The van der Waals surface area contributed by atoms with Gasteiger partial charge in [-0.25, -0.2) is 0 Å². The minimum absolute atomic E-state index is 0.292. The molecular formula is C8H17BrCl2O2Si. The molecular weight excluding hydrogens is 307 g/mol. The SMILES string of the molecule is CC(C)(COCCCC([SiH3])(Cl)Cl)OBr. The highest BCUT2D eigenvalue weighted by atomic mass is 79.9. The zero-order chi connectivity index (χ0) is 11.2. The van der Waals surface area contributed by atoms with Crippen LogP contribution in [0.2, 0.25) is 0 Å². The minimum atomic E-state index is -0.509. The Labute approximate surface area is 107 Å². The highest BCUT2D eigenvalue weighted by Crippen LogP contribution is 2.22. The van der Waals surface area contributed by atoms with Crippen molar-refractivity contribution >= 4 is 49.7 Å². The molecule has 0 amide bonds. The number of ether oxygens (including phenoxy) is 1. The Morgan fingerprint density at radius 2 is 1.93 bits per heavy atom. The van der Waals surface area contributed by atoms with Gasteiger partial charge in [0.25, 0.3) is 0 Å². The second-order valence-electron chi connectivity index (χ2n) is 4.06. The number of rotatable bonds is 7. The van der Waals surface area contributed by atoms with Gasteiger partial charge in [-0.1, -0.05) is 0 Å². The molecule has 0 heterocycles. The first-order chi connectivity index (χ1) is 6.27. The monoisotopic (exact) mass is 322 g/mol. The molecule has 0 fully saturated rings. The normalized spacial score (nSPS) is 13.5.